The van der Waals surface area contributed by atoms with E-state index in [0.29, 0.717) is 26.5 Å². The van der Waals surface area contributed by atoms with Crippen LogP contribution in [0.5, 0.6) is 0 Å². The van der Waals surface area contributed by atoms with E-state index in [9.17, 15) is 14.4 Å². The van der Waals surface area contributed by atoms with Gasteiger partial charge < -0.3 is 14.2 Å². The van der Waals surface area contributed by atoms with E-state index < -0.39 is 12.0 Å². The van der Waals surface area contributed by atoms with Crippen molar-refractivity contribution >= 4 is 57.2 Å². The second-order valence-electron chi connectivity index (χ2n) is 11.7. The van der Waals surface area contributed by atoms with Crippen molar-refractivity contribution in [1.82, 2.24) is 14.0 Å². The van der Waals surface area contributed by atoms with Gasteiger partial charge in [0, 0.05) is 46.2 Å². The molecule has 234 valence electrons. The Morgan fingerprint density at radius 2 is 1.78 bits per heavy atom. The average Bonchev–Trinajstić information content (AvgIpc) is 3.80. The van der Waals surface area contributed by atoms with E-state index >= 15 is 0 Å². The summed E-state index contributed by atoms with van der Waals surface area (Å²) in [7, 11) is 0. The number of piperidine rings is 1. The van der Waals surface area contributed by atoms with Crippen LogP contribution in [0, 0.1) is 5.92 Å². The van der Waals surface area contributed by atoms with E-state index in [2.05, 4.69) is 6.92 Å². The Kier molecular flexibility index (Phi) is 8.31. The minimum atomic E-state index is -0.682. The Labute approximate surface area is 274 Å². The Morgan fingerprint density at radius 3 is 2.52 bits per heavy atom. The van der Waals surface area contributed by atoms with Crippen LogP contribution >= 0.6 is 22.7 Å². The Balaban J connectivity index is 1.36. The van der Waals surface area contributed by atoms with Crippen molar-refractivity contribution in [2.75, 3.05) is 19.7 Å². The highest BCUT2D eigenvalue weighted by atomic mass is 32.1. The summed E-state index contributed by atoms with van der Waals surface area (Å²) >= 11 is 2.79. The smallest absolute Gasteiger partial charge is 0.338 e. The van der Waals surface area contributed by atoms with Crippen LogP contribution in [0.3, 0.4) is 0 Å². The Bertz CT molecular complexity index is 2130. The van der Waals surface area contributed by atoms with Crippen LogP contribution in [0.4, 0.5) is 0 Å². The van der Waals surface area contributed by atoms with Crippen LogP contribution in [0.2, 0.25) is 0 Å². The SMILES string of the molecule is CCOC(=O)C1=C(c2ccccc2)N=c2s/c(=C\c3cn(CC(=O)N4CCC(C)CC4)c4ccccc34)c(=O)n2[C@H]1c1cccs1. The summed E-state index contributed by atoms with van der Waals surface area (Å²) in [6.45, 7) is 6.03. The van der Waals surface area contributed by atoms with Crippen molar-refractivity contribution in [3.05, 3.63) is 120 Å². The number of fused-ring (bicyclic) bond motifs is 2. The molecule has 2 aromatic carbocycles. The number of amides is 1. The number of hydrogen-bond acceptors (Lipinski definition) is 7. The number of likely N-dealkylation sites (tertiary alicyclic amines) is 1. The molecular formula is C36H34N4O4S2. The van der Waals surface area contributed by atoms with Gasteiger partial charge in [-0.15, -0.1) is 11.3 Å². The molecule has 0 radical (unpaired) electrons. The van der Waals surface area contributed by atoms with Gasteiger partial charge in [0.05, 0.1) is 22.4 Å². The second-order valence-corrected chi connectivity index (χ2v) is 13.7. The lowest BCUT2D eigenvalue weighted by Crippen LogP contribution is -2.39. The highest BCUT2D eigenvalue weighted by molar-refractivity contribution is 7.10. The van der Waals surface area contributed by atoms with E-state index in [1.165, 1.54) is 22.7 Å². The molecule has 0 spiro atoms. The first-order valence-electron chi connectivity index (χ1n) is 15.6. The summed E-state index contributed by atoms with van der Waals surface area (Å²) in [5.74, 6) is 0.259. The van der Waals surface area contributed by atoms with Crippen LogP contribution < -0.4 is 14.9 Å². The zero-order chi connectivity index (χ0) is 31.8. The van der Waals surface area contributed by atoms with Crippen molar-refractivity contribution < 1.29 is 14.3 Å². The van der Waals surface area contributed by atoms with Gasteiger partial charge in [-0.05, 0) is 49.3 Å². The summed E-state index contributed by atoms with van der Waals surface area (Å²) in [6, 6.07) is 20.7. The van der Waals surface area contributed by atoms with Crippen molar-refractivity contribution in [3.63, 3.8) is 0 Å². The molecule has 2 aliphatic rings. The maximum Gasteiger partial charge on any atom is 0.338 e. The number of benzene rings is 2. The zero-order valence-corrected chi connectivity index (χ0v) is 27.4. The highest BCUT2D eigenvalue weighted by Crippen LogP contribution is 2.37. The molecule has 2 aliphatic heterocycles. The van der Waals surface area contributed by atoms with Gasteiger partial charge in [0.1, 0.15) is 12.6 Å². The van der Waals surface area contributed by atoms with Crippen molar-refractivity contribution in [2.45, 2.75) is 39.3 Å². The summed E-state index contributed by atoms with van der Waals surface area (Å²) in [5.41, 5.74) is 3.19. The molecular weight excluding hydrogens is 617 g/mol. The van der Waals surface area contributed by atoms with E-state index in [4.69, 9.17) is 9.73 Å². The molecule has 10 heteroatoms. The topological polar surface area (TPSA) is 85.9 Å². The van der Waals surface area contributed by atoms with Crippen LogP contribution in [0.15, 0.2) is 93.7 Å². The zero-order valence-electron chi connectivity index (χ0n) is 25.7. The number of nitrogens with zero attached hydrogens (tertiary/aromatic N) is 4. The first-order valence-corrected chi connectivity index (χ1v) is 17.3. The van der Waals surface area contributed by atoms with Gasteiger partial charge in [-0.1, -0.05) is 72.9 Å². The minimum absolute atomic E-state index is 0.106. The third kappa shape index (κ3) is 5.56. The van der Waals surface area contributed by atoms with Crippen LogP contribution in [-0.2, 0) is 20.9 Å². The van der Waals surface area contributed by atoms with Gasteiger partial charge in [0.15, 0.2) is 4.80 Å². The van der Waals surface area contributed by atoms with Gasteiger partial charge >= 0.3 is 5.97 Å². The van der Waals surface area contributed by atoms with E-state index in [-0.39, 0.29) is 24.6 Å². The Morgan fingerprint density at radius 1 is 1.02 bits per heavy atom. The van der Waals surface area contributed by atoms with Crippen LogP contribution in [0.1, 0.15) is 48.7 Å². The molecule has 5 aromatic rings. The molecule has 1 atom stereocenters. The van der Waals surface area contributed by atoms with Crippen molar-refractivity contribution in [3.8, 4) is 0 Å². The number of ether oxygens (including phenoxy) is 1. The molecule has 5 heterocycles. The van der Waals surface area contributed by atoms with Crippen molar-refractivity contribution in [2.24, 2.45) is 10.9 Å². The molecule has 0 aliphatic carbocycles. The summed E-state index contributed by atoms with van der Waals surface area (Å²) in [6.07, 6.45) is 5.90. The molecule has 1 saturated heterocycles. The Hall–Kier alpha value is -4.54. The van der Waals surface area contributed by atoms with Crippen molar-refractivity contribution in [1.29, 1.82) is 0 Å². The molecule has 46 heavy (non-hydrogen) atoms. The lowest BCUT2D eigenvalue weighted by molar-refractivity contribution is -0.139. The molecule has 0 saturated carbocycles. The number of thiophene rings is 1. The van der Waals surface area contributed by atoms with E-state index in [1.54, 1.807) is 11.5 Å². The third-order valence-corrected chi connectivity index (χ3v) is 10.6. The molecule has 0 bridgehead atoms. The summed E-state index contributed by atoms with van der Waals surface area (Å²) in [5, 5.41) is 2.90. The third-order valence-electron chi connectivity index (χ3n) is 8.73. The van der Waals surface area contributed by atoms with Gasteiger partial charge in [0.25, 0.3) is 5.56 Å². The van der Waals surface area contributed by atoms with Gasteiger partial charge in [0.2, 0.25) is 5.91 Å². The predicted octanol–water partition coefficient (Wildman–Crippen LogP) is 5.21. The first kappa shape index (κ1) is 30.1. The first-order chi connectivity index (χ1) is 22.4. The summed E-state index contributed by atoms with van der Waals surface area (Å²) in [4.78, 5) is 49.4. The van der Waals surface area contributed by atoms with Crippen LogP contribution in [-0.4, -0.2) is 45.6 Å². The van der Waals surface area contributed by atoms with E-state index in [1.807, 2.05) is 93.8 Å². The number of carbonyl (C=O) groups excluding carboxylic acids is 2. The molecule has 1 fully saturated rings. The molecule has 3 aromatic heterocycles. The molecule has 0 unspecified atom stereocenters. The minimum Gasteiger partial charge on any atom is -0.463 e. The number of para-hydroxylation sites is 1. The number of aromatic nitrogens is 2. The fourth-order valence-corrected chi connectivity index (χ4v) is 8.14. The maximum atomic E-state index is 14.3. The second kappa shape index (κ2) is 12.7. The number of thiazole rings is 1. The fraction of sp³-hybridized carbons (Fsp3) is 0.278. The molecule has 1 amide bonds. The molecule has 8 nitrogen and oxygen atoms in total. The monoisotopic (exact) mass is 650 g/mol. The molecule has 7 rings (SSSR count). The van der Waals surface area contributed by atoms with Gasteiger partial charge in [-0.2, -0.15) is 0 Å². The summed E-state index contributed by atoms with van der Waals surface area (Å²) < 4.78 is 9.65. The quantitative estimate of drug-likeness (QED) is 0.227. The lowest BCUT2D eigenvalue weighted by atomic mass is 9.97. The average molecular weight is 651 g/mol. The normalized spacial score (nSPS) is 17.3. The highest BCUT2D eigenvalue weighted by Gasteiger charge is 2.35. The number of esters is 1. The number of rotatable bonds is 7. The van der Waals surface area contributed by atoms with Gasteiger partial charge in [-0.25, -0.2) is 9.79 Å². The van der Waals surface area contributed by atoms with E-state index in [0.717, 1.165) is 52.8 Å². The largest absolute Gasteiger partial charge is 0.463 e. The maximum absolute atomic E-state index is 14.3. The van der Waals surface area contributed by atoms with Gasteiger partial charge in [-0.3, -0.25) is 14.2 Å². The predicted molar refractivity (Wildman–Crippen MR) is 182 cm³/mol. The standard InChI is InChI=1S/C36H34N4O4S2/c1-3-44-35(43)31-32(24-10-5-4-6-11-24)37-36-40(33(31)28-14-9-19-45-28)34(42)29(46-36)20-25-21-39(27-13-8-7-12-26(25)27)22-30(41)38-17-15-23(2)16-18-38/h4-14,19-21,23,33H,3,15-18,22H2,1-2H3/b29-20-/t33-/m0/s1. The lowest BCUT2D eigenvalue weighted by Gasteiger charge is -2.30. The molecule has 0 N–H and O–H groups in total. The fourth-order valence-electron chi connectivity index (χ4n) is 6.32. The number of hydrogen-bond donors (Lipinski definition) is 0. The number of carbonyl (C=O) groups is 2. The van der Waals surface area contributed by atoms with Crippen LogP contribution in [0.25, 0.3) is 22.7 Å².